The minimum absolute atomic E-state index is 0.824. The lowest BCUT2D eigenvalue weighted by Gasteiger charge is -2.34. The van der Waals surface area contributed by atoms with Gasteiger partial charge >= 0.3 is 0 Å². The van der Waals surface area contributed by atoms with Crippen molar-refractivity contribution in [1.82, 2.24) is 24.8 Å². The zero-order valence-corrected chi connectivity index (χ0v) is 14.9. The van der Waals surface area contributed by atoms with Crippen molar-refractivity contribution in [3.63, 3.8) is 0 Å². The number of likely N-dealkylation sites (tertiary alicyclic amines) is 1. The highest BCUT2D eigenvalue weighted by Crippen LogP contribution is 2.33. The van der Waals surface area contributed by atoms with Crippen molar-refractivity contribution in [2.24, 2.45) is 11.8 Å². The van der Waals surface area contributed by atoms with Gasteiger partial charge in [0.1, 0.15) is 5.82 Å². The van der Waals surface area contributed by atoms with E-state index in [1.807, 2.05) is 37.8 Å². The number of piperidine rings is 1. The Hall–Kier alpha value is -2.08. The van der Waals surface area contributed by atoms with E-state index in [2.05, 4.69) is 29.7 Å². The van der Waals surface area contributed by atoms with Gasteiger partial charge in [0.2, 0.25) is 5.95 Å². The van der Waals surface area contributed by atoms with Gasteiger partial charge in [-0.2, -0.15) is 0 Å². The second-order valence-corrected chi connectivity index (χ2v) is 7.30. The number of anilines is 1. The maximum absolute atomic E-state index is 4.38. The molecule has 6 heteroatoms. The monoisotopic (exact) mass is 338 g/mol. The molecule has 0 spiro atoms. The second-order valence-electron chi connectivity index (χ2n) is 7.30. The van der Waals surface area contributed by atoms with E-state index in [0.717, 1.165) is 43.2 Å². The van der Waals surface area contributed by atoms with E-state index in [9.17, 15) is 0 Å². The van der Waals surface area contributed by atoms with E-state index >= 15 is 0 Å². The van der Waals surface area contributed by atoms with Crippen LogP contribution in [0.3, 0.4) is 0 Å². The Morgan fingerprint density at radius 1 is 0.920 bits per heavy atom. The van der Waals surface area contributed by atoms with Crippen LogP contribution in [0.4, 0.5) is 5.95 Å². The maximum Gasteiger partial charge on any atom is 0.225 e. The molecule has 2 aromatic rings. The Balaban J connectivity index is 1.27. The average Bonchev–Trinajstić information content (AvgIpc) is 3.13. The first-order valence-electron chi connectivity index (χ1n) is 9.30. The second kappa shape index (κ2) is 7.44. The van der Waals surface area contributed by atoms with Gasteiger partial charge in [0, 0.05) is 56.5 Å². The molecule has 0 amide bonds. The standard InChI is InChI=1S/C19H26N6/c1-15-22-11-16(12-23-15)13-24-8-3-18(14-24)17-4-9-25(10-5-17)19-20-6-2-7-21-19/h2,6-7,11-12,17-18H,3-5,8-10,13-14H2,1H3/t18-/m1/s1. The van der Waals surface area contributed by atoms with Gasteiger partial charge in [0.05, 0.1) is 0 Å². The van der Waals surface area contributed by atoms with Crippen LogP contribution in [0, 0.1) is 18.8 Å². The fourth-order valence-electron chi connectivity index (χ4n) is 4.18. The molecular weight excluding hydrogens is 312 g/mol. The Labute approximate surface area is 149 Å². The van der Waals surface area contributed by atoms with Crippen LogP contribution in [0.25, 0.3) is 0 Å². The third-order valence-corrected chi connectivity index (χ3v) is 5.59. The number of aryl methyl sites for hydroxylation is 1. The van der Waals surface area contributed by atoms with Gasteiger partial charge in [-0.1, -0.05) is 0 Å². The van der Waals surface area contributed by atoms with E-state index in [4.69, 9.17) is 0 Å². The summed E-state index contributed by atoms with van der Waals surface area (Å²) in [7, 11) is 0. The zero-order chi connectivity index (χ0) is 17.1. The molecule has 4 heterocycles. The summed E-state index contributed by atoms with van der Waals surface area (Å²) in [6.07, 6.45) is 11.4. The van der Waals surface area contributed by atoms with E-state index in [0.29, 0.717) is 0 Å². The first-order valence-corrected chi connectivity index (χ1v) is 9.30. The molecule has 2 aliphatic heterocycles. The summed E-state index contributed by atoms with van der Waals surface area (Å²) < 4.78 is 0. The van der Waals surface area contributed by atoms with Crippen LogP contribution in [-0.4, -0.2) is 51.0 Å². The number of rotatable bonds is 4. The summed E-state index contributed by atoms with van der Waals surface area (Å²) in [6.45, 7) is 7.48. The molecule has 1 atom stereocenters. The molecule has 0 unspecified atom stereocenters. The molecule has 6 nitrogen and oxygen atoms in total. The first-order chi connectivity index (χ1) is 12.3. The summed E-state index contributed by atoms with van der Waals surface area (Å²) in [4.78, 5) is 22.3. The van der Waals surface area contributed by atoms with Gasteiger partial charge < -0.3 is 4.90 Å². The van der Waals surface area contributed by atoms with Gasteiger partial charge in [-0.25, -0.2) is 19.9 Å². The fourth-order valence-corrected chi connectivity index (χ4v) is 4.18. The number of hydrogen-bond acceptors (Lipinski definition) is 6. The topological polar surface area (TPSA) is 58.0 Å². The van der Waals surface area contributed by atoms with Crippen LogP contribution in [0.5, 0.6) is 0 Å². The van der Waals surface area contributed by atoms with Gasteiger partial charge in [0.25, 0.3) is 0 Å². The predicted octanol–water partition coefficient (Wildman–Crippen LogP) is 2.31. The van der Waals surface area contributed by atoms with Crippen LogP contribution in [0.1, 0.15) is 30.7 Å². The van der Waals surface area contributed by atoms with Crippen molar-refractivity contribution in [1.29, 1.82) is 0 Å². The van der Waals surface area contributed by atoms with Crippen LogP contribution in [-0.2, 0) is 6.54 Å². The van der Waals surface area contributed by atoms with E-state index in [1.165, 1.54) is 37.9 Å². The molecule has 0 N–H and O–H groups in total. The average molecular weight is 338 g/mol. The van der Waals surface area contributed by atoms with Crippen LogP contribution < -0.4 is 4.90 Å². The van der Waals surface area contributed by atoms with Crippen LogP contribution in [0.2, 0.25) is 0 Å². The molecule has 4 rings (SSSR count). The zero-order valence-electron chi connectivity index (χ0n) is 14.9. The molecule has 25 heavy (non-hydrogen) atoms. The van der Waals surface area contributed by atoms with Crippen molar-refractivity contribution < 1.29 is 0 Å². The third-order valence-electron chi connectivity index (χ3n) is 5.59. The van der Waals surface area contributed by atoms with Gasteiger partial charge in [0.15, 0.2) is 0 Å². The Morgan fingerprint density at radius 3 is 2.32 bits per heavy atom. The smallest absolute Gasteiger partial charge is 0.225 e. The molecule has 2 aliphatic rings. The van der Waals surface area contributed by atoms with Crippen molar-refractivity contribution in [3.8, 4) is 0 Å². The number of nitrogens with zero attached hydrogens (tertiary/aromatic N) is 6. The van der Waals surface area contributed by atoms with Gasteiger partial charge in [-0.05, 0) is 50.6 Å². The minimum atomic E-state index is 0.824. The summed E-state index contributed by atoms with van der Waals surface area (Å²) in [5, 5.41) is 0. The number of hydrogen-bond donors (Lipinski definition) is 0. The lowest BCUT2D eigenvalue weighted by molar-refractivity contribution is 0.251. The lowest BCUT2D eigenvalue weighted by atomic mass is 9.84. The van der Waals surface area contributed by atoms with Crippen LogP contribution in [0.15, 0.2) is 30.9 Å². The summed E-state index contributed by atoms with van der Waals surface area (Å²) in [5.41, 5.74) is 1.22. The molecule has 2 saturated heterocycles. The van der Waals surface area contributed by atoms with E-state index < -0.39 is 0 Å². The molecule has 2 aromatic heterocycles. The Kier molecular flexibility index (Phi) is 4.88. The highest BCUT2D eigenvalue weighted by atomic mass is 15.2. The highest BCUT2D eigenvalue weighted by molar-refractivity contribution is 5.28. The Morgan fingerprint density at radius 2 is 1.60 bits per heavy atom. The molecule has 0 aromatic carbocycles. The fraction of sp³-hybridized carbons (Fsp3) is 0.579. The van der Waals surface area contributed by atoms with E-state index in [1.54, 1.807) is 0 Å². The van der Waals surface area contributed by atoms with Crippen LogP contribution >= 0.6 is 0 Å². The predicted molar refractivity (Wildman–Crippen MR) is 97.1 cm³/mol. The molecule has 0 radical (unpaired) electrons. The summed E-state index contributed by atoms with van der Waals surface area (Å²) >= 11 is 0. The molecule has 0 aliphatic carbocycles. The highest BCUT2D eigenvalue weighted by Gasteiger charge is 2.32. The van der Waals surface area contributed by atoms with Crippen molar-refractivity contribution in [3.05, 3.63) is 42.2 Å². The molecular formula is C19H26N6. The van der Waals surface area contributed by atoms with Gasteiger partial charge in [-0.3, -0.25) is 4.90 Å². The summed E-state index contributed by atoms with van der Waals surface area (Å²) in [5.74, 6) is 3.38. The van der Waals surface area contributed by atoms with Crippen molar-refractivity contribution >= 4 is 5.95 Å². The largest absolute Gasteiger partial charge is 0.341 e. The molecule has 2 fully saturated rings. The van der Waals surface area contributed by atoms with Crippen molar-refractivity contribution in [2.75, 3.05) is 31.1 Å². The molecule has 132 valence electrons. The quantitative estimate of drug-likeness (QED) is 0.853. The van der Waals surface area contributed by atoms with Crippen molar-refractivity contribution in [2.45, 2.75) is 32.7 Å². The van der Waals surface area contributed by atoms with Gasteiger partial charge in [-0.15, -0.1) is 0 Å². The first kappa shape index (κ1) is 16.4. The normalized spacial score (nSPS) is 22.4. The third kappa shape index (κ3) is 3.95. The summed E-state index contributed by atoms with van der Waals surface area (Å²) in [6, 6.07) is 1.88. The SMILES string of the molecule is Cc1ncc(CN2CC[C@@H](C3CCN(c4ncccn4)CC3)C2)cn1. The molecule has 0 saturated carbocycles. The molecule has 0 bridgehead atoms. The maximum atomic E-state index is 4.38. The lowest BCUT2D eigenvalue weighted by Crippen LogP contribution is -2.37. The van der Waals surface area contributed by atoms with E-state index in [-0.39, 0.29) is 0 Å². The Bertz CT molecular complexity index is 666. The number of aromatic nitrogens is 4. The minimum Gasteiger partial charge on any atom is -0.341 e.